The van der Waals surface area contributed by atoms with Crippen molar-refractivity contribution in [3.8, 4) is 0 Å². The summed E-state index contributed by atoms with van der Waals surface area (Å²) in [5.74, 6) is 0. The zero-order valence-corrected chi connectivity index (χ0v) is 2.70. The molecule has 0 unspecified atom stereocenters. The summed E-state index contributed by atoms with van der Waals surface area (Å²) in [5, 5.41) is 6.14. The molecule has 0 aliphatic heterocycles. The van der Waals surface area contributed by atoms with E-state index >= 15 is 0 Å². The smallest absolute Gasteiger partial charge is 0.361 e. The number of hydrogen-bond acceptors (Lipinski definition) is 1. The van der Waals surface area contributed by atoms with Gasteiger partial charge in [-0.2, -0.15) is 0 Å². The van der Waals surface area contributed by atoms with Crippen LogP contribution in [0.2, 0.25) is 0 Å². The first-order chi connectivity index (χ1) is 1.73. The second kappa shape index (κ2) is 1.17. The van der Waals surface area contributed by atoms with Gasteiger partial charge in [-0.25, -0.2) is 4.79 Å². The highest BCUT2D eigenvalue weighted by Gasteiger charge is 1.67. The summed E-state index contributed by atoms with van der Waals surface area (Å²) in [6, 6.07) is 0. The molecule has 4 heavy (non-hydrogen) atoms. The van der Waals surface area contributed by atoms with Gasteiger partial charge in [0.25, 0.3) is 0 Å². The highest BCUT2D eigenvalue weighted by molar-refractivity contribution is 7.96. The summed E-state index contributed by atoms with van der Waals surface area (Å²) in [6.45, 7) is 0. The first-order valence-electron chi connectivity index (χ1n) is 0.651. The molecule has 0 fully saturated rings. The van der Waals surface area contributed by atoms with Crippen LogP contribution in [0.15, 0.2) is 0 Å². The molecule has 2 nitrogen and oxygen atoms in total. The molecule has 24 valence electrons. The van der Waals surface area contributed by atoms with E-state index in [4.69, 9.17) is 9.90 Å². The van der Waals surface area contributed by atoms with Gasteiger partial charge < -0.3 is 5.11 Å². The minimum absolute atomic E-state index is 1.14. The van der Waals surface area contributed by atoms with Gasteiger partial charge in [0.05, 0.1) is 0 Å². The van der Waals surface area contributed by atoms with Gasteiger partial charge in [-0.15, -0.1) is 0 Å². The Kier molecular flexibility index (Phi) is 1.12. The van der Waals surface area contributed by atoms with E-state index in [1.807, 2.05) is 0 Å². The maximum atomic E-state index is 8.86. The topological polar surface area (TPSA) is 37.3 Å². The van der Waals surface area contributed by atoms with Crippen LogP contribution >= 0.6 is 12.6 Å². The molecule has 0 saturated carbocycles. The van der Waals surface area contributed by atoms with E-state index in [9.17, 15) is 0 Å². The van der Waals surface area contributed by atoms with Crippen molar-refractivity contribution in [2.75, 3.05) is 0 Å². The zero-order chi connectivity index (χ0) is 3.58. The van der Waals surface area contributed by atoms with Gasteiger partial charge in [0.1, 0.15) is 0 Å². The van der Waals surface area contributed by atoms with Crippen molar-refractivity contribution in [2.24, 2.45) is 0 Å². The van der Waals surface area contributed by atoms with Gasteiger partial charge in [-0.05, 0) is 0 Å². The van der Waals surface area contributed by atoms with Crippen LogP contribution in [-0.2, 0) is 0 Å². The van der Waals surface area contributed by atoms with E-state index in [-0.39, 0.29) is 0 Å². The second-order valence-electron chi connectivity index (χ2n) is 0.283. The van der Waals surface area contributed by atoms with Crippen molar-refractivity contribution >= 4 is 17.9 Å². The van der Waals surface area contributed by atoms with E-state index in [0.717, 1.165) is 0 Å². The second-order valence-corrected chi connectivity index (χ2v) is 0.665. The predicted octanol–water partition coefficient (Wildman–Crippen LogP) is 0.594. The Morgan fingerprint density at radius 2 is 2.00 bits per heavy atom. The normalized spacial score (nSPS) is 6.25. The van der Waals surface area contributed by atoms with Gasteiger partial charge in [0.15, 0.2) is 0 Å². The molecular weight excluding hydrogens is 76.1 g/mol. The van der Waals surface area contributed by atoms with Crippen LogP contribution in [-0.4, -0.2) is 10.4 Å². The van der Waals surface area contributed by atoms with Crippen molar-refractivity contribution in [1.82, 2.24) is 0 Å². The zero-order valence-electron chi connectivity index (χ0n) is 1.80. The van der Waals surface area contributed by atoms with Crippen molar-refractivity contribution in [1.29, 1.82) is 0 Å². The molecule has 0 aliphatic rings. The lowest BCUT2D eigenvalue weighted by molar-refractivity contribution is 0.222. The van der Waals surface area contributed by atoms with Crippen LogP contribution in [0.3, 0.4) is 0 Å². The fraction of sp³-hybridized carbons (Fsp3) is 0. The monoisotopic (exact) mass is 78.0 g/mol. The van der Waals surface area contributed by atoms with Crippen LogP contribution in [0.5, 0.6) is 0 Å². The molecule has 0 aromatic carbocycles. The highest BCUT2D eigenvalue weighted by atomic mass is 32.1. The number of carboxylic acid groups (broad SMARTS) is 1. The molecule has 0 aromatic heterocycles. The van der Waals surface area contributed by atoms with E-state index in [1.54, 1.807) is 0 Å². The molecular formula is CH2O2S. The van der Waals surface area contributed by atoms with E-state index in [0.29, 0.717) is 0 Å². The summed E-state index contributed by atoms with van der Waals surface area (Å²) in [6.07, 6.45) is 0. The van der Waals surface area contributed by atoms with E-state index in [2.05, 4.69) is 12.6 Å². The van der Waals surface area contributed by atoms with Gasteiger partial charge in [-0.1, -0.05) is 12.6 Å². The lowest BCUT2D eigenvalue weighted by Gasteiger charge is -1.58. The molecule has 0 radical (unpaired) electrons. The predicted molar refractivity (Wildman–Crippen MR) is 17.0 cm³/mol. The average molecular weight is 78.1 g/mol. The van der Waals surface area contributed by atoms with Crippen molar-refractivity contribution < 1.29 is 9.90 Å². The summed E-state index contributed by atoms with van der Waals surface area (Å²) in [5.41, 5.74) is 0. The number of rotatable bonds is 0. The average Bonchev–Trinajstić information content (AvgIpc) is 0.811. The molecule has 0 rings (SSSR count). The SMILES string of the molecule is O=C(O)S. The summed E-state index contributed by atoms with van der Waals surface area (Å²) in [4.78, 5) is 8.86. The standard InChI is InChI=1S/CH2O2S/c2-1(3)4/h4H,(H,2,3). The van der Waals surface area contributed by atoms with Gasteiger partial charge in [-0.3, -0.25) is 0 Å². The third-order valence-electron chi connectivity index (χ3n) is 0. The van der Waals surface area contributed by atoms with Gasteiger partial charge in [0, 0.05) is 0 Å². The van der Waals surface area contributed by atoms with Gasteiger partial charge in [0.2, 0.25) is 0 Å². The number of carbonyl (C=O) groups is 1. The number of hydrogen-bond donors (Lipinski definition) is 2. The Morgan fingerprint density at radius 3 is 2.00 bits per heavy atom. The Labute approximate surface area is 28.9 Å². The molecule has 0 amide bonds. The lowest BCUT2D eigenvalue weighted by atomic mass is 11.6. The van der Waals surface area contributed by atoms with Crippen molar-refractivity contribution in [3.05, 3.63) is 0 Å². The molecule has 0 heterocycles. The van der Waals surface area contributed by atoms with Crippen LogP contribution in [0, 0.1) is 0 Å². The van der Waals surface area contributed by atoms with Crippen LogP contribution in [0.25, 0.3) is 0 Å². The quantitative estimate of drug-likeness (QED) is 0.416. The first-order valence-corrected chi connectivity index (χ1v) is 1.10. The maximum absolute atomic E-state index is 8.86. The molecule has 0 spiro atoms. The molecule has 0 aliphatic carbocycles. The minimum Gasteiger partial charge on any atom is -0.473 e. The lowest BCUT2D eigenvalue weighted by Crippen LogP contribution is -1.67. The third kappa shape index (κ3) is 37.8. The van der Waals surface area contributed by atoms with E-state index < -0.39 is 5.30 Å². The third-order valence-corrected chi connectivity index (χ3v) is 0. The fourth-order valence-electron chi connectivity index (χ4n) is 0. The largest absolute Gasteiger partial charge is 0.473 e. The van der Waals surface area contributed by atoms with E-state index in [1.165, 1.54) is 0 Å². The van der Waals surface area contributed by atoms with Gasteiger partial charge >= 0.3 is 5.30 Å². The molecule has 0 bridgehead atoms. The van der Waals surface area contributed by atoms with Crippen molar-refractivity contribution in [3.63, 3.8) is 0 Å². The molecule has 3 heteroatoms. The van der Waals surface area contributed by atoms with Crippen LogP contribution in [0.4, 0.5) is 4.79 Å². The van der Waals surface area contributed by atoms with Crippen molar-refractivity contribution in [2.45, 2.75) is 0 Å². The first kappa shape index (κ1) is 3.82. The van der Waals surface area contributed by atoms with Crippen LogP contribution in [0.1, 0.15) is 0 Å². The Hall–Kier alpha value is -0.180. The molecule has 0 aromatic rings. The Bertz CT molecular complexity index is 29.0. The fourth-order valence-corrected chi connectivity index (χ4v) is 0. The molecule has 0 saturated heterocycles. The maximum Gasteiger partial charge on any atom is 0.361 e. The summed E-state index contributed by atoms with van der Waals surface area (Å²) >= 11 is 2.88. The minimum atomic E-state index is -1.14. The highest BCUT2D eigenvalue weighted by Crippen LogP contribution is 1.66. The Balaban J connectivity index is 2.80. The molecule has 1 N–H and O–H groups in total. The molecule has 0 atom stereocenters. The number of thiol groups is 1. The Morgan fingerprint density at radius 1 is 2.00 bits per heavy atom. The summed E-state index contributed by atoms with van der Waals surface area (Å²) < 4.78 is 0. The summed E-state index contributed by atoms with van der Waals surface area (Å²) in [7, 11) is 0. The van der Waals surface area contributed by atoms with Crippen LogP contribution < -0.4 is 0 Å².